The number of carbonyl (C=O) groups excluding carboxylic acids is 1. The number of methoxy groups -OCH3 is 1. The summed E-state index contributed by atoms with van der Waals surface area (Å²) in [6.07, 6.45) is 2.44. The van der Waals surface area contributed by atoms with E-state index in [4.69, 9.17) is 19.2 Å². The molecule has 2 aromatic carbocycles. The summed E-state index contributed by atoms with van der Waals surface area (Å²) in [7, 11) is 1.63. The Labute approximate surface area is 201 Å². The van der Waals surface area contributed by atoms with Crippen LogP contribution in [0.5, 0.6) is 17.2 Å². The zero-order valence-electron chi connectivity index (χ0n) is 18.6. The summed E-state index contributed by atoms with van der Waals surface area (Å²) in [6, 6.07) is 19.1. The van der Waals surface area contributed by atoms with Gasteiger partial charge < -0.3 is 19.1 Å². The topological polar surface area (TPSA) is 73.8 Å². The second-order valence-corrected chi connectivity index (χ2v) is 8.51. The molecule has 0 N–H and O–H groups in total. The number of fused-ring (bicyclic) bond motifs is 1. The third-order valence-electron chi connectivity index (χ3n) is 5.44. The van der Waals surface area contributed by atoms with Crippen molar-refractivity contribution in [2.45, 2.75) is 6.42 Å². The molecule has 34 heavy (non-hydrogen) atoms. The molecular weight excluding hydrogens is 450 g/mol. The molecule has 0 bridgehead atoms. The highest BCUT2D eigenvalue weighted by Crippen LogP contribution is 2.37. The first kappa shape index (κ1) is 21.9. The number of ether oxygens (including phenoxy) is 3. The van der Waals surface area contributed by atoms with E-state index in [1.807, 2.05) is 66.0 Å². The van der Waals surface area contributed by atoms with Crippen LogP contribution in [0.25, 0.3) is 22.0 Å². The Kier molecular flexibility index (Phi) is 6.40. The van der Waals surface area contributed by atoms with E-state index in [2.05, 4.69) is 4.98 Å². The van der Waals surface area contributed by atoms with Crippen molar-refractivity contribution in [3.05, 3.63) is 72.2 Å². The molecule has 5 rings (SSSR count). The minimum Gasteiger partial charge on any atom is -0.497 e. The number of thiazole rings is 1. The van der Waals surface area contributed by atoms with Crippen molar-refractivity contribution in [1.29, 1.82) is 0 Å². The lowest BCUT2D eigenvalue weighted by Gasteiger charge is -2.29. The Morgan fingerprint density at radius 1 is 1.06 bits per heavy atom. The van der Waals surface area contributed by atoms with E-state index in [0.717, 1.165) is 39.1 Å². The third kappa shape index (κ3) is 4.72. The summed E-state index contributed by atoms with van der Waals surface area (Å²) in [4.78, 5) is 23.5. The third-order valence-corrected chi connectivity index (χ3v) is 6.30. The van der Waals surface area contributed by atoms with E-state index in [1.165, 1.54) is 0 Å². The van der Waals surface area contributed by atoms with Gasteiger partial charge in [0.05, 0.1) is 30.8 Å². The molecule has 7 nitrogen and oxygen atoms in total. The van der Waals surface area contributed by atoms with Crippen LogP contribution in [0.4, 0.5) is 5.69 Å². The minimum absolute atomic E-state index is 0.0339. The second kappa shape index (κ2) is 9.93. The molecule has 4 aromatic rings. The lowest BCUT2D eigenvalue weighted by atomic mass is 10.1. The van der Waals surface area contributed by atoms with E-state index in [9.17, 15) is 4.79 Å². The van der Waals surface area contributed by atoms with E-state index in [-0.39, 0.29) is 12.5 Å². The fourth-order valence-corrected chi connectivity index (χ4v) is 4.51. The molecule has 0 atom stereocenters. The molecule has 1 aliphatic rings. The van der Waals surface area contributed by atoms with Crippen LogP contribution in [0.3, 0.4) is 0 Å². The number of nitrogens with zero attached hydrogens (tertiary/aromatic N) is 3. The first-order chi connectivity index (χ1) is 16.7. The number of anilines is 1. The zero-order valence-corrected chi connectivity index (χ0v) is 19.5. The van der Waals surface area contributed by atoms with Crippen LogP contribution in [0.1, 0.15) is 6.42 Å². The van der Waals surface area contributed by atoms with Crippen LogP contribution in [-0.4, -0.2) is 42.7 Å². The molecule has 0 radical (unpaired) electrons. The molecule has 1 amide bonds. The number of hydrogen-bond donors (Lipinski definition) is 0. The Morgan fingerprint density at radius 2 is 1.91 bits per heavy atom. The van der Waals surface area contributed by atoms with Crippen LogP contribution in [0.2, 0.25) is 0 Å². The highest BCUT2D eigenvalue weighted by atomic mass is 32.1. The summed E-state index contributed by atoms with van der Waals surface area (Å²) in [5.41, 5.74) is 3.36. The van der Waals surface area contributed by atoms with Crippen molar-refractivity contribution in [3.8, 4) is 39.2 Å². The molecule has 172 valence electrons. The summed E-state index contributed by atoms with van der Waals surface area (Å²) < 4.78 is 16.7. The summed E-state index contributed by atoms with van der Waals surface area (Å²) in [5.74, 6) is 2.18. The highest BCUT2D eigenvalue weighted by Gasteiger charge is 2.26. The van der Waals surface area contributed by atoms with Gasteiger partial charge in [-0.3, -0.25) is 9.78 Å². The van der Waals surface area contributed by atoms with Gasteiger partial charge >= 0.3 is 0 Å². The number of amides is 1. The van der Waals surface area contributed by atoms with Crippen LogP contribution < -0.4 is 19.1 Å². The normalized spacial score (nSPS) is 12.7. The molecule has 0 unspecified atom stereocenters. The largest absolute Gasteiger partial charge is 0.497 e. The molecule has 0 saturated carbocycles. The zero-order chi connectivity index (χ0) is 23.3. The summed E-state index contributed by atoms with van der Waals surface area (Å²) >= 11 is 1.54. The van der Waals surface area contributed by atoms with Gasteiger partial charge in [0, 0.05) is 23.7 Å². The van der Waals surface area contributed by atoms with E-state index >= 15 is 0 Å². The number of rotatable bonds is 8. The van der Waals surface area contributed by atoms with Crippen molar-refractivity contribution in [2.75, 3.05) is 31.8 Å². The van der Waals surface area contributed by atoms with E-state index in [1.54, 1.807) is 29.5 Å². The van der Waals surface area contributed by atoms with Crippen LogP contribution in [0, 0.1) is 0 Å². The number of aromatic nitrogens is 2. The maximum Gasteiger partial charge on any atom is 0.265 e. The van der Waals surface area contributed by atoms with Gasteiger partial charge in [0.25, 0.3) is 5.91 Å². The Morgan fingerprint density at radius 3 is 2.71 bits per heavy atom. The fraction of sp³-hybridized carbons (Fsp3) is 0.192. The molecular formula is C26H23N3O4S. The van der Waals surface area contributed by atoms with Gasteiger partial charge in [-0.15, -0.1) is 11.3 Å². The highest BCUT2D eigenvalue weighted by molar-refractivity contribution is 7.13. The first-order valence-corrected chi connectivity index (χ1v) is 11.8. The summed E-state index contributed by atoms with van der Waals surface area (Å²) in [5, 5.41) is 2.86. The molecule has 0 spiro atoms. The molecule has 8 heteroatoms. The lowest BCUT2D eigenvalue weighted by molar-refractivity contribution is -0.121. The predicted molar refractivity (Wildman–Crippen MR) is 132 cm³/mol. The van der Waals surface area contributed by atoms with Gasteiger partial charge in [-0.1, -0.05) is 6.07 Å². The van der Waals surface area contributed by atoms with Gasteiger partial charge in [-0.05, 0) is 61.0 Å². The Bertz CT molecular complexity index is 1270. The van der Waals surface area contributed by atoms with Crippen molar-refractivity contribution in [3.63, 3.8) is 0 Å². The van der Waals surface area contributed by atoms with Crippen molar-refractivity contribution in [2.24, 2.45) is 0 Å². The molecule has 0 aliphatic carbocycles. The van der Waals surface area contributed by atoms with Crippen molar-refractivity contribution < 1.29 is 19.0 Å². The van der Waals surface area contributed by atoms with Crippen molar-refractivity contribution in [1.82, 2.24) is 9.97 Å². The summed E-state index contributed by atoms with van der Waals surface area (Å²) in [6.45, 7) is 1.06. The molecule has 2 aromatic heterocycles. The second-order valence-electron chi connectivity index (χ2n) is 7.65. The average Bonchev–Trinajstić information content (AvgIpc) is 3.39. The van der Waals surface area contributed by atoms with Gasteiger partial charge in [-0.25, -0.2) is 4.98 Å². The maximum absolute atomic E-state index is 12.7. The first-order valence-electron chi connectivity index (χ1n) is 10.9. The Hall–Kier alpha value is -3.91. The minimum atomic E-state index is -0.0680. The standard InChI is InChI=1S/C26H23N3O4S/c1-31-19-7-9-20(10-8-19)32-14-4-13-29-23-15-18(6-11-24(23)33-16-25(29)30)22-17-34-26(28-22)21-5-2-3-12-27-21/h2-3,5-12,15,17H,4,13-14,16H2,1H3. The van der Waals surface area contributed by atoms with Crippen LogP contribution >= 0.6 is 11.3 Å². The van der Waals surface area contributed by atoms with Crippen molar-refractivity contribution >= 4 is 22.9 Å². The van der Waals surface area contributed by atoms with Gasteiger partial charge in [0.1, 0.15) is 22.3 Å². The fourth-order valence-electron chi connectivity index (χ4n) is 3.70. The number of benzene rings is 2. The van der Waals surface area contributed by atoms with Crippen LogP contribution in [-0.2, 0) is 4.79 Å². The van der Waals surface area contributed by atoms with Gasteiger partial charge in [-0.2, -0.15) is 0 Å². The predicted octanol–water partition coefficient (Wildman–Crippen LogP) is 5.08. The number of hydrogen-bond acceptors (Lipinski definition) is 7. The molecule has 0 saturated heterocycles. The van der Waals surface area contributed by atoms with Gasteiger partial charge in [0.15, 0.2) is 6.61 Å². The van der Waals surface area contributed by atoms with Crippen LogP contribution in [0.15, 0.2) is 72.2 Å². The molecule has 1 aliphatic heterocycles. The molecule has 3 heterocycles. The average molecular weight is 474 g/mol. The van der Waals surface area contributed by atoms with E-state index in [0.29, 0.717) is 25.3 Å². The number of carbonyl (C=O) groups is 1. The SMILES string of the molecule is COc1ccc(OCCCN2C(=O)COc3ccc(-c4csc(-c5ccccn5)n4)cc32)cc1. The van der Waals surface area contributed by atoms with E-state index < -0.39 is 0 Å². The lowest BCUT2D eigenvalue weighted by Crippen LogP contribution is -2.39. The maximum atomic E-state index is 12.7. The number of pyridine rings is 1. The van der Waals surface area contributed by atoms with Gasteiger partial charge in [0.2, 0.25) is 0 Å². The quantitative estimate of drug-likeness (QED) is 0.333. The Balaban J connectivity index is 1.29. The molecule has 0 fully saturated rings. The smallest absolute Gasteiger partial charge is 0.265 e. The monoisotopic (exact) mass is 473 g/mol.